The van der Waals surface area contributed by atoms with Gasteiger partial charge in [-0.05, 0) is 56.4 Å². The maximum absolute atomic E-state index is 5.97. The van der Waals surface area contributed by atoms with Gasteiger partial charge in [0.25, 0.3) is 0 Å². The first kappa shape index (κ1) is 14.0. The lowest BCUT2D eigenvalue weighted by molar-refractivity contribution is 0.390. The van der Waals surface area contributed by atoms with Crippen LogP contribution < -0.4 is 0 Å². The second-order valence-corrected chi connectivity index (χ2v) is 5.42. The molecule has 1 heterocycles. The van der Waals surface area contributed by atoms with Crippen molar-refractivity contribution in [1.82, 2.24) is 9.88 Å². The van der Waals surface area contributed by atoms with E-state index < -0.39 is 0 Å². The van der Waals surface area contributed by atoms with E-state index in [1.165, 1.54) is 11.1 Å². The fraction of sp³-hybridized carbons (Fsp3) is 0.312. The van der Waals surface area contributed by atoms with Gasteiger partial charge in [-0.3, -0.25) is 4.98 Å². The van der Waals surface area contributed by atoms with Crippen molar-refractivity contribution in [2.24, 2.45) is 0 Å². The normalized spacial score (nSPS) is 12.6. The Kier molecular flexibility index (Phi) is 4.94. The molecule has 0 amide bonds. The van der Waals surface area contributed by atoms with E-state index in [4.69, 9.17) is 11.6 Å². The molecule has 0 aliphatic rings. The van der Waals surface area contributed by atoms with Crippen LogP contribution in [0.15, 0.2) is 48.8 Å². The van der Waals surface area contributed by atoms with Crippen molar-refractivity contribution in [3.05, 3.63) is 64.9 Å². The molecule has 1 aromatic carbocycles. The molecule has 0 bridgehead atoms. The van der Waals surface area contributed by atoms with Crippen LogP contribution >= 0.6 is 11.6 Å². The van der Waals surface area contributed by atoms with Gasteiger partial charge in [-0.25, -0.2) is 0 Å². The summed E-state index contributed by atoms with van der Waals surface area (Å²) in [4.78, 5) is 6.44. The maximum Gasteiger partial charge on any atom is 0.0406 e. The van der Waals surface area contributed by atoms with Crippen molar-refractivity contribution in [1.29, 1.82) is 0 Å². The quantitative estimate of drug-likeness (QED) is 0.824. The van der Waals surface area contributed by atoms with Crippen LogP contribution in [-0.2, 0) is 0 Å². The fourth-order valence-electron chi connectivity index (χ4n) is 2.19. The molecule has 19 heavy (non-hydrogen) atoms. The van der Waals surface area contributed by atoms with Crippen LogP contribution in [0.1, 0.15) is 23.5 Å². The van der Waals surface area contributed by atoms with E-state index in [-0.39, 0.29) is 0 Å². The van der Waals surface area contributed by atoms with Crippen LogP contribution in [-0.4, -0.2) is 30.5 Å². The third-order valence-corrected chi connectivity index (χ3v) is 3.48. The molecule has 2 rings (SSSR count). The lowest BCUT2D eigenvalue weighted by atomic mass is 9.89. The second-order valence-electron chi connectivity index (χ2n) is 4.98. The molecule has 1 atom stereocenters. The summed E-state index contributed by atoms with van der Waals surface area (Å²) in [5.41, 5.74) is 2.55. The predicted molar refractivity (Wildman–Crippen MR) is 80.7 cm³/mol. The van der Waals surface area contributed by atoms with E-state index in [2.05, 4.69) is 42.2 Å². The number of hydrogen-bond acceptors (Lipinski definition) is 2. The molecule has 1 aromatic heterocycles. The molecule has 0 N–H and O–H groups in total. The summed E-state index contributed by atoms with van der Waals surface area (Å²) in [5.74, 6) is 0.369. The van der Waals surface area contributed by atoms with E-state index in [0.717, 1.165) is 18.0 Å². The van der Waals surface area contributed by atoms with Gasteiger partial charge in [-0.2, -0.15) is 0 Å². The summed E-state index contributed by atoms with van der Waals surface area (Å²) < 4.78 is 0. The molecular formula is C16H19ClN2. The zero-order valence-electron chi connectivity index (χ0n) is 11.4. The minimum atomic E-state index is 0.369. The Hall–Kier alpha value is -1.38. The summed E-state index contributed by atoms with van der Waals surface area (Å²) >= 11 is 5.97. The standard InChI is InChI=1S/C16H19ClN2/c1-19(2)11-9-16(14-4-3-10-18-12-14)13-5-7-15(17)8-6-13/h3-8,10,12,16H,9,11H2,1-2H3. The zero-order valence-corrected chi connectivity index (χ0v) is 12.1. The Morgan fingerprint density at radius 2 is 1.84 bits per heavy atom. The molecule has 1 unspecified atom stereocenters. The highest BCUT2D eigenvalue weighted by molar-refractivity contribution is 6.30. The van der Waals surface area contributed by atoms with Gasteiger partial charge >= 0.3 is 0 Å². The molecule has 0 aliphatic heterocycles. The third kappa shape index (κ3) is 4.05. The van der Waals surface area contributed by atoms with Gasteiger partial charge in [-0.15, -0.1) is 0 Å². The number of pyridine rings is 1. The van der Waals surface area contributed by atoms with Gasteiger partial charge in [0.05, 0.1) is 0 Å². The fourth-order valence-corrected chi connectivity index (χ4v) is 2.32. The average molecular weight is 275 g/mol. The first-order valence-corrected chi connectivity index (χ1v) is 6.84. The Bertz CT molecular complexity index is 494. The highest BCUT2D eigenvalue weighted by atomic mass is 35.5. The largest absolute Gasteiger partial charge is 0.309 e. The monoisotopic (exact) mass is 274 g/mol. The van der Waals surface area contributed by atoms with Crippen molar-refractivity contribution in [2.45, 2.75) is 12.3 Å². The Morgan fingerprint density at radius 1 is 1.11 bits per heavy atom. The molecule has 0 spiro atoms. The number of rotatable bonds is 5. The molecule has 0 fully saturated rings. The SMILES string of the molecule is CN(C)CCC(c1ccc(Cl)cc1)c1cccnc1. The number of aromatic nitrogens is 1. The van der Waals surface area contributed by atoms with Crippen LogP contribution in [0.4, 0.5) is 0 Å². The van der Waals surface area contributed by atoms with Crippen molar-refractivity contribution in [3.63, 3.8) is 0 Å². The van der Waals surface area contributed by atoms with Gasteiger partial charge < -0.3 is 4.90 Å². The topological polar surface area (TPSA) is 16.1 Å². The Morgan fingerprint density at radius 3 is 2.42 bits per heavy atom. The molecule has 3 heteroatoms. The van der Waals surface area contributed by atoms with E-state index in [9.17, 15) is 0 Å². The molecule has 0 aliphatic carbocycles. The highest BCUT2D eigenvalue weighted by Gasteiger charge is 2.14. The lowest BCUT2D eigenvalue weighted by Crippen LogP contribution is -2.16. The van der Waals surface area contributed by atoms with E-state index in [1.54, 1.807) is 0 Å². The predicted octanol–water partition coefficient (Wildman–Crippen LogP) is 3.82. The van der Waals surface area contributed by atoms with Crippen molar-refractivity contribution >= 4 is 11.6 Å². The maximum atomic E-state index is 5.97. The van der Waals surface area contributed by atoms with Crippen molar-refractivity contribution in [2.75, 3.05) is 20.6 Å². The molecule has 0 saturated carbocycles. The van der Waals surface area contributed by atoms with Crippen LogP contribution in [0.5, 0.6) is 0 Å². The minimum absolute atomic E-state index is 0.369. The number of halogens is 1. The molecule has 2 aromatic rings. The molecule has 0 radical (unpaired) electrons. The minimum Gasteiger partial charge on any atom is -0.309 e. The first-order valence-electron chi connectivity index (χ1n) is 6.47. The summed E-state index contributed by atoms with van der Waals surface area (Å²) in [6.07, 6.45) is 4.84. The number of hydrogen-bond donors (Lipinski definition) is 0. The number of benzene rings is 1. The molecule has 100 valence electrons. The average Bonchev–Trinajstić information content (AvgIpc) is 2.42. The Labute approximate surface area is 120 Å². The first-order chi connectivity index (χ1) is 9.16. The van der Waals surface area contributed by atoms with E-state index in [1.807, 2.05) is 30.6 Å². The van der Waals surface area contributed by atoms with Crippen LogP contribution in [0.25, 0.3) is 0 Å². The van der Waals surface area contributed by atoms with Crippen LogP contribution in [0, 0.1) is 0 Å². The zero-order chi connectivity index (χ0) is 13.7. The highest BCUT2D eigenvalue weighted by Crippen LogP contribution is 2.28. The van der Waals surface area contributed by atoms with Gasteiger partial charge in [0.2, 0.25) is 0 Å². The van der Waals surface area contributed by atoms with Gasteiger partial charge in [0.15, 0.2) is 0 Å². The van der Waals surface area contributed by atoms with Crippen LogP contribution in [0.3, 0.4) is 0 Å². The lowest BCUT2D eigenvalue weighted by Gasteiger charge is -2.20. The smallest absolute Gasteiger partial charge is 0.0406 e. The van der Waals surface area contributed by atoms with Gasteiger partial charge in [0.1, 0.15) is 0 Å². The summed E-state index contributed by atoms with van der Waals surface area (Å²) in [6.45, 7) is 1.04. The van der Waals surface area contributed by atoms with E-state index >= 15 is 0 Å². The van der Waals surface area contributed by atoms with Crippen LogP contribution in [0.2, 0.25) is 5.02 Å². The van der Waals surface area contributed by atoms with E-state index in [0.29, 0.717) is 5.92 Å². The van der Waals surface area contributed by atoms with Crippen molar-refractivity contribution in [3.8, 4) is 0 Å². The number of nitrogens with zero attached hydrogens (tertiary/aromatic N) is 2. The van der Waals surface area contributed by atoms with Gasteiger partial charge in [-0.1, -0.05) is 29.8 Å². The summed E-state index contributed by atoms with van der Waals surface area (Å²) in [6, 6.07) is 12.3. The molecular weight excluding hydrogens is 256 g/mol. The van der Waals surface area contributed by atoms with Crippen molar-refractivity contribution < 1.29 is 0 Å². The molecule has 2 nitrogen and oxygen atoms in total. The third-order valence-electron chi connectivity index (χ3n) is 3.22. The molecule has 0 saturated heterocycles. The van der Waals surface area contributed by atoms with Gasteiger partial charge in [0, 0.05) is 23.3 Å². The Balaban J connectivity index is 2.26. The second kappa shape index (κ2) is 6.69. The summed E-state index contributed by atoms with van der Waals surface area (Å²) in [7, 11) is 4.20. The summed E-state index contributed by atoms with van der Waals surface area (Å²) in [5, 5.41) is 0.779.